The molecule has 0 aromatic carbocycles. The average Bonchev–Trinajstić information content (AvgIpc) is 2.83. The average molecular weight is 665 g/mol. The number of rotatable bonds is 18. The molecule has 4 atom stereocenters. The second-order valence-corrected chi connectivity index (χ2v) is 22.5. The van der Waals surface area contributed by atoms with E-state index in [1.54, 1.807) is 0 Å². The van der Waals surface area contributed by atoms with Crippen LogP contribution < -0.4 is 0 Å². The summed E-state index contributed by atoms with van der Waals surface area (Å²) < 4.78 is 21.8. The van der Waals surface area contributed by atoms with Gasteiger partial charge in [0.15, 0.2) is 16.6 Å². The molecule has 0 radical (unpaired) electrons. The minimum absolute atomic E-state index is 0.0363. The molecule has 37 heavy (non-hydrogen) atoms. The third kappa shape index (κ3) is 11.8. The minimum Gasteiger partial charge on any atom is -0.457 e. The van der Waals surface area contributed by atoms with Gasteiger partial charge in [-0.3, -0.25) is 4.79 Å². The molecule has 0 saturated carbocycles. The fourth-order valence-electron chi connectivity index (χ4n) is 4.43. The lowest BCUT2D eigenvalue weighted by molar-refractivity contribution is -0.151. The van der Waals surface area contributed by atoms with E-state index in [9.17, 15) is 4.79 Å². The molecule has 7 heteroatoms. The Bertz CT molecular complexity index is 747. The van der Waals surface area contributed by atoms with Crippen LogP contribution in [0.2, 0.25) is 36.3 Å². The molecule has 0 heterocycles. The molecule has 0 bridgehead atoms. The van der Waals surface area contributed by atoms with Crippen LogP contribution in [0.25, 0.3) is 0 Å². The maximum atomic E-state index is 13.3. The van der Waals surface area contributed by atoms with Gasteiger partial charge in [-0.05, 0) is 79.0 Å². The van der Waals surface area contributed by atoms with E-state index < -0.39 is 16.6 Å². The Morgan fingerprint density at radius 1 is 1.05 bits per heavy atom. The zero-order valence-corrected chi connectivity index (χ0v) is 30.0. The lowest BCUT2D eigenvalue weighted by Gasteiger charge is -2.42. The number of carbonyl (C=O) groups is 1. The standard InChI is InChI=1S/C30H57IO4Si2/c1-14-20-30(11,35-37(16-3,17-4)18-5)21-19-26(34-36(12,13)29(8,9)10)22-27(32)33-28(24(6)15-2)25(7)23-31/h14-15,23-24,26,28H,1-2,16-22H2,3-13H3/b25-23+/t24-,26?,28-,30?/m0/s1. The van der Waals surface area contributed by atoms with Crippen molar-refractivity contribution < 1.29 is 18.4 Å². The van der Waals surface area contributed by atoms with Crippen molar-refractivity contribution in [1.29, 1.82) is 0 Å². The molecule has 4 nitrogen and oxygen atoms in total. The molecule has 0 aliphatic carbocycles. The van der Waals surface area contributed by atoms with E-state index in [4.69, 9.17) is 13.6 Å². The second kappa shape index (κ2) is 16.1. The summed E-state index contributed by atoms with van der Waals surface area (Å²) in [5, 5.41) is 0.0468. The maximum Gasteiger partial charge on any atom is 0.308 e. The summed E-state index contributed by atoms with van der Waals surface area (Å²) in [5.74, 6) is -0.181. The number of ether oxygens (including phenoxy) is 1. The van der Waals surface area contributed by atoms with Crippen molar-refractivity contribution in [3.8, 4) is 0 Å². The fourth-order valence-corrected chi connectivity index (χ4v) is 9.33. The summed E-state index contributed by atoms with van der Waals surface area (Å²) in [4.78, 5) is 13.3. The van der Waals surface area contributed by atoms with Gasteiger partial charge in [0.2, 0.25) is 0 Å². The zero-order valence-electron chi connectivity index (χ0n) is 25.8. The first kappa shape index (κ1) is 36.8. The second-order valence-electron chi connectivity index (χ2n) is 12.4. The van der Waals surface area contributed by atoms with Gasteiger partial charge in [0.25, 0.3) is 0 Å². The van der Waals surface area contributed by atoms with Crippen LogP contribution in [0.15, 0.2) is 35.0 Å². The highest BCUT2D eigenvalue weighted by atomic mass is 127. The third-order valence-electron chi connectivity index (χ3n) is 8.36. The number of hydrogen-bond acceptors (Lipinski definition) is 4. The lowest BCUT2D eigenvalue weighted by atomic mass is 9.94. The van der Waals surface area contributed by atoms with Gasteiger partial charge in [-0.25, -0.2) is 0 Å². The smallest absolute Gasteiger partial charge is 0.308 e. The van der Waals surface area contributed by atoms with Crippen LogP contribution in [0.1, 0.15) is 88.0 Å². The molecule has 0 N–H and O–H groups in total. The highest BCUT2D eigenvalue weighted by Crippen LogP contribution is 2.39. The van der Waals surface area contributed by atoms with E-state index in [0.29, 0.717) is 0 Å². The van der Waals surface area contributed by atoms with E-state index in [2.05, 4.69) is 97.3 Å². The number of esters is 1. The summed E-state index contributed by atoms with van der Waals surface area (Å²) in [7, 11) is -3.92. The summed E-state index contributed by atoms with van der Waals surface area (Å²) in [6.45, 7) is 32.2. The van der Waals surface area contributed by atoms with Gasteiger partial charge in [0.05, 0.1) is 18.1 Å². The van der Waals surface area contributed by atoms with Gasteiger partial charge in [-0.1, -0.05) is 83.2 Å². The Morgan fingerprint density at radius 3 is 2.00 bits per heavy atom. The molecule has 216 valence electrons. The quantitative estimate of drug-likeness (QED) is 0.0633. The summed E-state index contributed by atoms with van der Waals surface area (Å²) in [6.07, 6.45) is 5.88. The van der Waals surface area contributed by atoms with E-state index in [0.717, 1.165) is 43.0 Å². The Kier molecular flexibility index (Phi) is 16.0. The molecule has 0 aliphatic rings. The van der Waals surface area contributed by atoms with Gasteiger partial charge in [-0.15, -0.1) is 13.2 Å². The Balaban J connectivity index is 5.96. The van der Waals surface area contributed by atoms with E-state index >= 15 is 0 Å². The van der Waals surface area contributed by atoms with Gasteiger partial charge in [0.1, 0.15) is 6.10 Å². The number of halogens is 1. The van der Waals surface area contributed by atoms with Gasteiger partial charge < -0.3 is 13.6 Å². The molecule has 0 spiro atoms. The van der Waals surface area contributed by atoms with Gasteiger partial charge in [0, 0.05) is 5.92 Å². The molecule has 0 aromatic rings. The van der Waals surface area contributed by atoms with Crippen LogP contribution in [-0.2, 0) is 18.4 Å². The van der Waals surface area contributed by atoms with Crippen LogP contribution in [0.4, 0.5) is 0 Å². The summed E-state index contributed by atoms with van der Waals surface area (Å²) >= 11 is 2.20. The predicted octanol–water partition coefficient (Wildman–Crippen LogP) is 9.98. The van der Waals surface area contributed by atoms with Crippen molar-refractivity contribution in [3.63, 3.8) is 0 Å². The fraction of sp³-hybridized carbons (Fsp3) is 0.767. The first-order valence-electron chi connectivity index (χ1n) is 14.1. The van der Waals surface area contributed by atoms with Crippen molar-refractivity contribution in [2.24, 2.45) is 5.92 Å². The van der Waals surface area contributed by atoms with Crippen LogP contribution in [-0.4, -0.2) is 40.4 Å². The van der Waals surface area contributed by atoms with Crippen LogP contribution in [0.5, 0.6) is 0 Å². The SMILES string of the molecule is C=CCC(C)(CCC(CC(=O)O[C@H](/C(C)=C/I)[C@@H](C)C=C)O[Si](C)(C)C(C)(C)C)O[Si](CC)(CC)CC. The predicted molar refractivity (Wildman–Crippen MR) is 174 cm³/mol. The molecular formula is C30H57IO4Si2. The normalized spacial score (nSPS) is 17.5. The highest BCUT2D eigenvalue weighted by Gasteiger charge is 2.41. The van der Waals surface area contributed by atoms with Crippen LogP contribution >= 0.6 is 22.6 Å². The zero-order chi connectivity index (χ0) is 29.1. The Morgan fingerprint density at radius 2 is 1.59 bits per heavy atom. The molecule has 2 unspecified atom stereocenters. The largest absolute Gasteiger partial charge is 0.457 e. The molecule has 0 aromatic heterocycles. The first-order valence-corrected chi connectivity index (χ1v) is 20.7. The van der Waals surface area contributed by atoms with E-state index in [-0.39, 0.29) is 41.2 Å². The van der Waals surface area contributed by atoms with Gasteiger partial charge in [-0.2, -0.15) is 0 Å². The Labute approximate surface area is 245 Å². The maximum absolute atomic E-state index is 13.3. The minimum atomic E-state index is -2.10. The topological polar surface area (TPSA) is 44.8 Å². The molecule has 0 aliphatic heterocycles. The van der Waals surface area contributed by atoms with Crippen molar-refractivity contribution >= 4 is 45.2 Å². The van der Waals surface area contributed by atoms with E-state index in [1.807, 2.05) is 30.1 Å². The molecule has 0 rings (SSSR count). The van der Waals surface area contributed by atoms with Crippen molar-refractivity contribution in [2.45, 2.75) is 142 Å². The molecule has 0 amide bonds. The number of hydrogen-bond donors (Lipinski definition) is 0. The third-order valence-corrected chi connectivity index (χ3v) is 18.7. The molecule has 0 saturated heterocycles. The first-order chi connectivity index (χ1) is 17.0. The van der Waals surface area contributed by atoms with Crippen LogP contribution in [0, 0.1) is 5.92 Å². The Hall–Kier alpha value is -0.226. The molecule has 0 fully saturated rings. The summed E-state index contributed by atoms with van der Waals surface area (Å²) in [5.41, 5.74) is 0.713. The highest BCUT2D eigenvalue weighted by molar-refractivity contribution is 14.1. The van der Waals surface area contributed by atoms with E-state index in [1.165, 1.54) is 0 Å². The van der Waals surface area contributed by atoms with Gasteiger partial charge >= 0.3 is 5.97 Å². The lowest BCUT2D eigenvalue weighted by Crippen LogP contribution is -2.47. The monoisotopic (exact) mass is 664 g/mol. The van der Waals surface area contributed by atoms with Crippen molar-refractivity contribution in [3.05, 3.63) is 35.0 Å². The molecular weight excluding hydrogens is 607 g/mol. The van der Waals surface area contributed by atoms with Crippen LogP contribution in [0.3, 0.4) is 0 Å². The number of carbonyl (C=O) groups excluding carboxylic acids is 1. The van der Waals surface area contributed by atoms with Crippen molar-refractivity contribution in [1.82, 2.24) is 0 Å². The van der Waals surface area contributed by atoms with Crippen molar-refractivity contribution in [2.75, 3.05) is 0 Å². The summed E-state index contributed by atoms with van der Waals surface area (Å²) in [6, 6.07) is 3.32.